The van der Waals surface area contributed by atoms with E-state index in [9.17, 15) is 32.9 Å². The van der Waals surface area contributed by atoms with Gasteiger partial charge in [0.05, 0.1) is 15.4 Å². The van der Waals surface area contributed by atoms with Crippen LogP contribution in [0.4, 0.5) is 23.7 Å². The zero-order chi connectivity index (χ0) is 26.7. The number of thioether (sulfide) groups is 1. The molecule has 1 aliphatic heterocycles. The van der Waals surface area contributed by atoms with Crippen LogP contribution in [0.2, 0.25) is 0 Å². The monoisotopic (exact) mass is 592 g/mol. The van der Waals surface area contributed by atoms with Gasteiger partial charge in [-0.1, -0.05) is 46.3 Å². The molecule has 190 valence electrons. The predicted octanol–water partition coefficient (Wildman–Crippen LogP) is 7.45. The van der Waals surface area contributed by atoms with Gasteiger partial charge in [-0.2, -0.15) is 13.2 Å². The van der Waals surface area contributed by atoms with E-state index in [-0.39, 0.29) is 22.8 Å². The molecule has 1 saturated heterocycles. The Balaban J connectivity index is 1.61. The Morgan fingerprint density at radius 1 is 1.03 bits per heavy atom. The lowest BCUT2D eigenvalue weighted by Gasteiger charge is -2.13. The molecule has 0 aliphatic carbocycles. The van der Waals surface area contributed by atoms with Gasteiger partial charge in [0.1, 0.15) is 5.75 Å². The first-order valence-electron chi connectivity index (χ1n) is 10.7. The van der Waals surface area contributed by atoms with Crippen molar-refractivity contribution in [1.29, 1.82) is 0 Å². The summed E-state index contributed by atoms with van der Waals surface area (Å²) in [6.45, 7) is 0.186. The Bertz CT molecular complexity index is 1410. The molecular formula is C25H16BrF3N2O5S. The molecule has 0 unspecified atom stereocenters. The summed E-state index contributed by atoms with van der Waals surface area (Å²) >= 11 is 4.04. The first-order chi connectivity index (χ1) is 17.5. The highest BCUT2D eigenvalue weighted by Crippen LogP contribution is 2.40. The molecule has 1 fully saturated rings. The number of nitro groups is 1. The molecule has 0 bridgehead atoms. The van der Waals surface area contributed by atoms with Gasteiger partial charge in [0.2, 0.25) is 5.75 Å². The molecule has 37 heavy (non-hydrogen) atoms. The zero-order valence-corrected chi connectivity index (χ0v) is 21.1. The number of nitro benzene ring substituents is 1. The van der Waals surface area contributed by atoms with Gasteiger partial charge in [0.25, 0.3) is 11.1 Å². The van der Waals surface area contributed by atoms with Gasteiger partial charge in [-0.3, -0.25) is 24.6 Å². The van der Waals surface area contributed by atoms with Gasteiger partial charge in [-0.15, -0.1) is 0 Å². The SMILES string of the molecule is O=C1S/C(=C/c2cc(Br)ccc2Oc2ccc(C(F)(F)F)cc2[N+](=O)[O-])C(=O)N1CCc1ccccc1. The van der Waals surface area contributed by atoms with E-state index in [1.54, 1.807) is 12.1 Å². The topological polar surface area (TPSA) is 89.7 Å². The third-order valence-corrected chi connectivity index (χ3v) is 6.70. The van der Waals surface area contributed by atoms with Crippen LogP contribution in [0.5, 0.6) is 11.5 Å². The van der Waals surface area contributed by atoms with Crippen LogP contribution in [0.15, 0.2) is 76.1 Å². The van der Waals surface area contributed by atoms with Crippen LogP contribution in [0.1, 0.15) is 16.7 Å². The maximum absolute atomic E-state index is 13.0. The van der Waals surface area contributed by atoms with E-state index in [0.717, 1.165) is 28.3 Å². The van der Waals surface area contributed by atoms with Crippen LogP contribution in [0.3, 0.4) is 0 Å². The minimum atomic E-state index is -4.77. The van der Waals surface area contributed by atoms with Crippen molar-refractivity contribution in [2.24, 2.45) is 0 Å². The van der Waals surface area contributed by atoms with Gasteiger partial charge < -0.3 is 4.74 Å². The van der Waals surface area contributed by atoms with Crippen molar-refractivity contribution in [3.8, 4) is 11.5 Å². The molecule has 1 heterocycles. The Morgan fingerprint density at radius 3 is 2.41 bits per heavy atom. The molecule has 0 spiro atoms. The van der Waals surface area contributed by atoms with Crippen LogP contribution < -0.4 is 4.74 Å². The average molecular weight is 593 g/mol. The third-order valence-electron chi connectivity index (χ3n) is 5.30. The molecule has 0 saturated carbocycles. The summed E-state index contributed by atoms with van der Waals surface area (Å²) in [5.41, 5.74) is -0.805. The lowest BCUT2D eigenvalue weighted by molar-refractivity contribution is -0.385. The molecule has 3 aromatic rings. The van der Waals surface area contributed by atoms with Crippen molar-refractivity contribution in [2.45, 2.75) is 12.6 Å². The van der Waals surface area contributed by atoms with E-state index in [0.29, 0.717) is 23.0 Å². The number of benzene rings is 3. The van der Waals surface area contributed by atoms with Crippen molar-refractivity contribution in [3.05, 3.63) is 103 Å². The number of nitrogens with zero attached hydrogens (tertiary/aromatic N) is 2. The van der Waals surface area contributed by atoms with E-state index < -0.39 is 39.2 Å². The fourth-order valence-electron chi connectivity index (χ4n) is 3.49. The summed E-state index contributed by atoms with van der Waals surface area (Å²) < 4.78 is 45.3. The molecule has 12 heteroatoms. The van der Waals surface area contributed by atoms with Crippen molar-refractivity contribution in [1.82, 2.24) is 4.90 Å². The number of rotatable bonds is 7. The van der Waals surface area contributed by atoms with Crippen LogP contribution in [0.25, 0.3) is 6.08 Å². The summed E-state index contributed by atoms with van der Waals surface area (Å²) in [4.78, 5) is 37.1. The van der Waals surface area contributed by atoms with Gasteiger partial charge in [-0.05, 0) is 60.2 Å². The lowest BCUT2D eigenvalue weighted by Crippen LogP contribution is -2.30. The van der Waals surface area contributed by atoms with Gasteiger partial charge in [-0.25, -0.2) is 0 Å². The van der Waals surface area contributed by atoms with E-state index >= 15 is 0 Å². The van der Waals surface area contributed by atoms with Crippen LogP contribution in [0, 0.1) is 10.1 Å². The Kier molecular flexibility index (Phi) is 7.69. The zero-order valence-electron chi connectivity index (χ0n) is 18.7. The van der Waals surface area contributed by atoms with Crippen LogP contribution in [-0.4, -0.2) is 27.5 Å². The van der Waals surface area contributed by atoms with Crippen molar-refractivity contribution < 1.29 is 32.4 Å². The molecule has 0 radical (unpaired) electrons. The molecule has 0 N–H and O–H groups in total. The van der Waals surface area contributed by atoms with E-state index in [2.05, 4.69) is 15.9 Å². The summed E-state index contributed by atoms with van der Waals surface area (Å²) in [7, 11) is 0. The highest BCUT2D eigenvalue weighted by Gasteiger charge is 2.35. The highest BCUT2D eigenvalue weighted by molar-refractivity contribution is 9.10. The summed E-state index contributed by atoms with van der Waals surface area (Å²) in [6, 6.07) is 15.9. The number of amides is 2. The van der Waals surface area contributed by atoms with E-state index in [4.69, 9.17) is 4.74 Å². The maximum atomic E-state index is 13.0. The predicted molar refractivity (Wildman–Crippen MR) is 135 cm³/mol. The molecular weight excluding hydrogens is 577 g/mol. The number of carbonyl (C=O) groups excluding carboxylic acids is 2. The number of ether oxygens (including phenoxy) is 1. The molecule has 2 amide bonds. The largest absolute Gasteiger partial charge is 0.449 e. The number of hydrogen-bond donors (Lipinski definition) is 0. The minimum absolute atomic E-state index is 0.0437. The second kappa shape index (κ2) is 10.8. The smallest absolute Gasteiger partial charge is 0.416 e. The Labute approximate surface area is 221 Å². The number of hydrogen-bond acceptors (Lipinski definition) is 6. The molecule has 3 aromatic carbocycles. The summed E-state index contributed by atoms with van der Waals surface area (Å²) in [5.74, 6) is -0.870. The second-order valence-electron chi connectivity index (χ2n) is 7.79. The minimum Gasteiger partial charge on any atom is -0.449 e. The number of halogens is 4. The molecule has 0 atom stereocenters. The fourth-order valence-corrected chi connectivity index (χ4v) is 4.72. The maximum Gasteiger partial charge on any atom is 0.416 e. The highest BCUT2D eigenvalue weighted by atomic mass is 79.9. The molecule has 7 nitrogen and oxygen atoms in total. The number of carbonyl (C=O) groups is 2. The molecule has 0 aromatic heterocycles. The first kappa shape index (κ1) is 26.4. The van der Waals surface area contributed by atoms with Crippen LogP contribution >= 0.6 is 27.7 Å². The number of alkyl halides is 3. The molecule has 4 rings (SSSR count). The van der Waals surface area contributed by atoms with Crippen molar-refractivity contribution in [3.63, 3.8) is 0 Å². The van der Waals surface area contributed by atoms with E-state index in [1.807, 2.05) is 30.3 Å². The third kappa shape index (κ3) is 6.20. The molecule has 1 aliphatic rings. The van der Waals surface area contributed by atoms with Gasteiger partial charge in [0.15, 0.2) is 0 Å². The second-order valence-corrected chi connectivity index (χ2v) is 9.70. The first-order valence-corrected chi connectivity index (χ1v) is 12.3. The lowest BCUT2D eigenvalue weighted by atomic mass is 10.1. The van der Waals surface area contributed by atoms with Crippen molar-refractivity contribution in [2.75, 3.05) is 6.54 Å². The van der Waals surface area contributed by atoms with Gasteiger partial charge >= 0.3 is 11.9 Å². The van der Waals surface area contributed by atoms with Gasteiger partial charge in [0, 0.05) is 22.6 Å². The normalized spacial score (nSPS) is 14.9. The average Bonchev–Trinajstić information content (AvgIpc) is 3.11. The quantitative estimate of drug-likeness (QED) is 0.161. The standard InChI is InChI=1S/C25H16BrF3N2O5S/c26-18-7-9-20(36-21-8-6-17(25(27,28)29)14-19(21)31(34)35)16(12-18)13-22-23(32)30(24(33)37-22)11-10-15-4-2-1-3-5-15/h1-9,12-14H,10-11H2/b22-13+. The van der Waals surface area contributed by atoms with Crippen molar-refractivity contribution >= 4 is 50.6 Å². The summed E-state index contributed by atoms with van der Waals surface area (Å²) in [6.07, 6.45) is -2.88. The number of imide groups is 1. The van der Waals surface area contributed by atoms with Crippen LogP contribution in [-0.2, 0) is 17.4 Å². The van der Waals surface area contributed by atoms with E-state index in [1.165, 1.54) is 12.1 Å². The fraction of sp³-hybridized carbons (Fsp3) is 0.120. The Hall–Kier alpha value is -3.64. The summed E-state index contributed by atoms with van der Waals surface area (Å²) in [5, 5.41) is 11.0. The Morgan fingerprint density at radius 2 is 1.73 bits per heavy atom.